The van der Waals surface area contributed by atoms with Crippen molar-refractivity contribution in [3.05, 3.63) is 54.7 Å². The van der Waals surface area contributed by atoms with E-state index in [0.29, 0.717) is 0 Å². The maximum Gasteiger partial charge on any atom is 0.156 e. The number of anilines is 1. The Morgan fingerprint density at radius 2 is 1.74 bits per heavy atom. The zero-order chi connectivity index (χ0) is 18.2. The van der Waals surface area contributed by atoms with Crippen molar-refractivity contribution >= 4 is 16.7 Å². The molecule has 0 unspecified atom stereocenters. The first-order valence-electron chi connectivity index (χ1n) is 9.13. The van der Waals surface area contributed by atoms with Crippen LogP contribution in [0.25, 0.3) is 28.1 Å². The Morgan fingerprint density at radius 3 is 2.59 bits per heavy atom. The van der Waals surface area contributed by atoms with E-state index in [9.17, 15) is 0 Å². The number of aromatic nitrogens is 6. The van der Waals surface area contributed by atoms with Gasteiger partial charge >= 0.3 is 0 Å². The van der Waals surface area contributed by atoms with E-state index in [4.69, 9.17) is 4.98 Å². The largest absolute Gasteiger partial charge is 0.357 e. The van der Waals surface area contributed by atoms with E-state index < -0.39 is 0 Å². The molecule has 1 aliphatic rings. The highest BCUT2D eigenvalue weighted by Crippen LogP contribution is 2.24. The van der Waals surface area contributed by atoms with Crippen LogP contribution in [0.15, 0.2) is 49.1 Å². The number of fused-ring (bicyclic) bond motifs is 1. The summed E-state index contributed by atoms with van der Waals surface area (Å²) in [5.74, 6) is 1.81. The van der Waals surface area contributed by atoms with Gasteiger partial charge in [-0.15, -0.1) is 0 Å². The quantitative estimate of drug-likeness (QED) is 0.561. The molecule has 0 N–H and O–H groups in total. The summed E-state index contributed by atoms with van der Waals surface area (Å²) in [6.45, 7) is 4.06. The first-order valence-corrected chi connectivity index (χ1v) is 9.13. The van der Waals surface area contributed by atoms with E-state index in [1.807, 2.05) is 42.2 Å². The van der Waals surface area contributed by atoms with E-state index >= 15 is 0 Å². The van der Waals surface area contributed by atoms with Crippen molar-refractivity contribution in [3.8, 4) is 17.2 Å². The summed E-state index contributed by atoms with van der Waals surface area (Å²) < 4.78 is 1.86. The number of nitrogens with zero attached hydrogens (tertiary/aromatic N) is 7. The molecule has 0 radical (unpaired) electrons. The highest BCUT2D eigenvalue weighted by atomic mass is 15.3. The van der Waals surface area contributed by atoms with Gasteiger partial charge in [0.2, 0.25) is 0 Å². The Kier molecular flexibility index (Phi) is 3.78. The van der Waals surface area contributed by atoms with E-state index in [2.05, 4.69) is 31.0 Å². The minimum atomic E-state index is 0.753. The fourth-order valence-corrected chi connectivity index (χ4v) is 3.48. The lowest BCUT2D eigenvalue weighted by atomic mass is 10.2. The van der Waals surface area contributed by atoms with Crippen LogP contribution in [0.4, 0.5) is 5.82 Å². The second-order valence-electron chi connectivity index (χ2n) is 6.78. The van der Waals surface area contributed by atoms with Crippen LogP contribution < -0.4 is 4.90 Å². The highest BCUT2D eigenvalue weighted by Gasteiger charge is 2.15. The monoisotopic (exact) mass is 357 g/mol. The number of hydrogen-bond donors (Lipinski definition) is 0. The average molecular weight is 357 g/mol. The molecule has 7 heteroatoms. The summed E-state index contributed by atoms with van der Waals surface area (Å²) >= 11 is 0. The van der Waals surface area contributed by atoms with Gasteiger partial charge in [-0.25, -0.2) is 14.6 Å². The average Bonchev–Trinajstić information content (AvgIpc) is 3.38. The van der Waals surface area contributed by atoms with E-state index in [0.717, 1.165) is 52.7 Å². The van der Waals surface area contributed by atoms with Gasteiger partial charge in [-0.1, -0.05) is 6.07 Å². The van der Waals surface area contributed by atoms with Crippen molar-refractivity contribution < 1.29 is 0 Å². The van der Waals surface area contributed by atoms with Crippen LogP contribution in [0.5, 0.6) is 0 Å². The fourth-order valence-electron chi connectivity index (χ4n) is 3.48. The van der Waals surface area contributed by atoms with Crippen LogP contribution in [-0.2, 0) is 0 Å². The Labute approximate surface area is 156 Å². The number of rotatable bonds is 3. The molecule has 0 aliphatic carbocycles. The molecule has 1 saturated heterocycles. The number of aryl methyl sites for hydroxylation is 1. The zero-order valence-electron chi connectivity index (χ0n) is 15.1. The highest BCUT2D eigenvalue weighted by molar-refractivity contribution is 5.82. The molecule has 0 spiro atoms. The standard InChI is InChI=1S/C20H19N7/c1-14-10-21-13-17(24-14)16-9-18-15(11-22-16)12-23-27(18)20-6-4-5-19(25-20)26-7-2-3-8-26/h4-6,9-13H,2-3,7-8H2,1H3. The molecular weight excluding hydrogens is 338 g/mol. The number of pyridine rings is 2. The molecule has 1 aliphatic heterocycles. The minimum Gasteiger partial charge on any atom is -0.357 e. The maximum absolute atomic E-state index is 4.84. The first-order chi connectivity index (χ1) is 13.3. The zero-order valence-corrected chi connectivity index (χ0v) is 15.1. The molecule has 0 bridgehead atoms. The normalized spacial score (nSPS) is 14.2. The van der Waals surface area contributed by atoms with Crippen LogP contribution in [0, 0.1) is 6.92 Å². The van der Waals surface area contributed by atoms with Crippen molar-refractivity contribution in [2.24, 2.45) is 0 Å². The minimum absolute atomic E-state index is 0.753. The molecule has 1 fully saturated rings. The predicted molar refractivity (Wildman–Crippen MR) is 104 cm³/mol. The summed E-state index contributed by atoms with van der Waals surface area (Å²) in [6.07, 6.45) is 9.56. The topological polar surface area (TPSA) is 72.6 Å². The second-order valence-corrected chi connectivity index (χ2v) is 6.78. The van der Waals surface area contributed by atoms with Crippen LogP contribution >= 0.6 is 0 Å². The van der Waals surface area contributed by atoms with Gasteiger partial charge in [0.15, 0.2) is 5.82 Å². The molecule has 7 nitrogen and oxygen atoms in total. The lowest BCUT2D eigenvalue weighted by Gasteiger charge is -2.17. The van der Waals surface area contributed by atoms with Gasteiger partial charge in [-0.3, -0.25) is 9.97 Å². The second kappa shape index (κ2) is 6.42. The predicted octanol–water partition coefficient (Wildman–Crippen LogP) is 3.18. The summed E-state index contributed by atoms with van der Waals surface area (Å²) in [6, 6.07) is 8.09. The van der Waals surface area contributed by atoms with Gasteiger partial charge in [0.25, 0.3) is 0 Å². The van der Waals surface area contributed by atoms with Gasteiger partial charge in [0, 0.05) is 30.9 Å². The molecule has 0 saturated carbocycles. The van der Waals surface area contributed by atoms with Gasteiger partial charge in [-0.05, 0) is 38.0 Å². The molecular formula is C20H19N7. The SMILES string of the molecule is Cc1cncc(-c2cc3c(cn2)cnn3-c2cccc(N3CCCC3)n2)n1. The van der Waals surface area contributed by atoms with Gasteiger partial charge in [0.05, 0.1) is 29.3 Å². The fraction of sp³-hybridized carbons (Fsp3) is 0.250. The third-order valence-corrected chi connectivity index (χ3v) is 4.84. The molecule has 27 heavy (non-hydrogen) atoms. The molecule has 5 rings (SSSR count). The van der Waals surface area contributed by atoms with Crippen molar-refractivity contribution in [1.29, 1.82) is 0 Å². The number of hydrogen-bond acceptors (Lipinski definition) is 6. The van der Waals surface area contributed by atoms with Crippen LogP contribution in [0.3, 0.4) is 0 Å². The van der Waals surface area contributed by atoms with Crippen LogP contribution in [-0.4, -0.2) is 42.8 Å². The first kappa shape index (κ1) is 15.9. The Morgan fingerprint density at radius 1 is 0.889 bits per heavy atom. The third kappa shape index (κ3) is 2.91. The maximum atomic E-state index is 4.84. The third-order valence-electron chi connectivity index (χ3n) is 4.84. The van der Waals surface area contributed by atoms with E-state index in [1.165, 1.54) is 12.8 Å². The van der Waals surface area contributed by atoms with Crippen LogP contribution in [0.1, 0.15) is 18.5 Å². The molecule has 4 aromatic rings. The Balaban J connectivity index is 1.59. The summed E-state index contributed by atoms with van der Waals surface area (Å²) in [7, 11) is 0. The van der Waals surface area contributed by atoms with Crippen molar-refractivity contribution in [3.63, 3.8) is 0 Å². The van der Waals surface area contributed by atoms with Crippen molar-refractivity contribution in [2.45, 2.75) is 19.8 Å². The molecule has 0 aromatic carbocycles. The van der Waals surface area contributed by atoms with Gasteiger partial charge in [0.1, 0.15) is 11.5 Å². The van der Waals surface area contributed by atoms with Crippen molar-refractivity contribution in [1.82, 2.24) is 29.7 Å². The Hall–Kier alpha value is -3.35. The lowest BCUT2D eigenvalue weighted by molar-refractivity contribution is 0.856. The van der Waals surface area contributed by atoms with E-state index in [1.54, 1.807) is 12.4 Å². The van der Waals surface area contributed by atoms with Crippen molar-refractivity contribution in [2.75, 3.05) is 18.0 Å². The summed E-state index contributed by atoms with van der Waals surface area (Å²) in [4.78, 5) is 20.4. The van der Waals surface area contributed by atoms with E-state index in [-0.39, 0.29) is 0 Å². The molecule has 0 amide bonds. The smallest absolute Gasteiger partial charge is 0.156 e. The Bertz CT molecular complexity index is 1110. The van der Waals surface area contributed by atoms with Gasteiger partial charge in [-0.2, -0.15) is 5.10 Å². The molecule has 134 valence electrons. The summed E-state index contributed by atoms with van der Waals surface area (Å²) in [5, 5.41) is 5.51. The summed E-state index contributed by atoms with van der Waals surface area (Å²) in [5.41, 5.74) is 3.34. The van der Waals surface area contributed by atoms with Crippen LogP contribution in [0.2, 0.25) is 0 Å². The lowest BCUT2D eigenvalue weighted by Crippen LogP contribution is -2.19. The molecule has 0 atom stereocenters. The molecule has 4 aromatic heterocycles. The van der Waals surface area contributed by atoms with Gasteiger partial charge < -0.3 is 4.90 Å². The molecule has 5 heterocycles.